The van der Waals surface area contributed by atoms with E-state index in [4.69, 9.17) is 4.52 Å². The number of hydrogen-bond acceptors (Lipinski definition) is 7. The second-order valence-electron chi connectivity index (χ2n) is 6.27. The molecule has 0 aliphatic rings. The Morgan fingerprint density at radius 2 is 2.07 bits per heavy atom. The molecule has 8 nitrogen and oxygen atoms in total. The van der Waals surface area contributed by atoms with Crippen LogP contribution in [0.4, 0.5) is 0 Å². The van der Waals surface area contributed by atoms with Crippen LogP contribution in [0.1, 0.15) is 18.1 Å². The van der Waals surface area contributed by atoms with Gasteiger partial charge in [-0.25, -0.2) is 4.98 Å². The highest BCUT2D eigenvalue weighted by Gasteiger charge is 2.15. The molecule has 0 fully saturated rings. The van der Waals surface area contributed by atoms with E-state index in [2.05, 4.69) is 20.1 Å². The lowest BCUT2D eigenvalue weighted by Crippen LogP contribution is -2.28. The van der Waals surface area contributed by atoms with Gasteiger partial charge in [0, 0.05) is 19.9 Å². The van der Waals surface area contributed by atoms with E-state index in [0.29, 0.717) is 34.9 Å². The van der Waals surface area contributed by atoms with E-state index in [9.17, 15) is 9.59 Å². The van der Waals surface area contributed by atoms with Crippen molar-refractivity contribution in [1.82, 2.24) is 25.0 Å². The zero-order valence-corrected chi connectivity index (χ0v) is 15.9. The first-order chi connectivity index (χ1) is 13.6. The van der Waals surface area contributed by atoms with Gasteiger partial charge < -0.3 is 14.4 Å². The summed E-state index contributed by atoms with van der Waals surface area (Å²) in [6, 6.07) is 10.9. The Balaban J connectivity index is 1.38. The number of rotatable bonds is 6. The Kier molecular flexibility index (Phi) is 4.98. The number of thiophene rings is 1. The number of para-hydroxylation sites is 1. The normalized spacial score (nSPS) is 11.0. The van der Waals surface area contributed by atoms with Crippen LogP contribution in [0, 0.1) is 0 Å². The molecular weight excluding hydrogens is 378 g/mol. The second kappa shape index (κ2) is 7.73. The molecule has 1 N–H and O–H groups in total. The number of nitrogens with zero attached hydrogens (tertiary/aromatic N) is 4. The topological polar surface area (TPSA) is 105 Å². The summed E-state index contributed by atoms with van der Waals surface area (Å²) in [5.74, 6) is 1.29. The molecule has 0 atom stereocenters. The SMILES string of the molecule is CN(Cc1nc2ccccc2c(=O)[nH]1)C(=O)CCc1nc(-c2cccs2)no1. The summed E-state index contributed by atoms with van der Waals surface area (Å²) < 4.78 is 5.22. The zero-order chi connectivity index (χ0) is 19.5. The van der Waals surface area contributed by atoms with E-state index in [1.54, 1.807) is 25.2 Å². The average molecular weight is 395 g/mol. The van der Waals surface area contributed by atoms with Gasteiger partial charge in [0.1, 0.15) is 5.82 Å². The third-order valence-electron chi connectivity index (χ3n) is 4.24. The molecule has 142 valence electrons. The van der Waals surface area contributed by atoms with Crippen molar-refractivity contribution in [3.63, 3.8) is 0 Å². The van der Waals surface area contributed by atoms with E-state index in [1.807, 2.05) is 23.6 Å². The van der Waals surface area contributed by atoms with Gasteiger partial charge in [0.25, 0.3) is 5.56 Å². The molecule has 9 heteroatoms. The number of nitrogens with one attached hydrogen (secondary N) is 1. The molecule has 1 aromatic carbocycles. The summed E-state index contributed by atoms with van der Waals surface area (Å²) >= 11 is 1.53. The zero-order valence-electron chi connectivity index (χ0n) is 15.1. The number of H-pyrrole nitrogens is 1. The van der Waals surface area contributed by atoms with Gasteiger partial charge in [0.15, 0.2) is 0 Å². The highest BCUT2D eigenvalue weighted by atomic mass is 32.1. The van der Waals surface area contributed by atoms with Gasteiger partial charge in [0.2, 0.25) is 17.6 Å². The van der Waals surface area contributed by atoms with Gasteiger partial charge in [-0.05, 0) is 23.6 Å². The minimum Gasteiger partial charge on any atom is -0.339 e. The largest absolute Gasteiger partial charge is 0.339 e. The Hall–Kier alpha value is -3.33. The van der Waals surface area contributed by atoms with E-state index < -0.39 is 0 Å². The number of aromatic nitrogens is 4. The van der Waals surface area contributed by atoms with E-state index in [0.717, 1.165) is 4.88 Å². The average Bonchev–Trinajstić information content (AvgIpc) is 3.37. The first kappa shape index (κ1) is 18.1. The van der Waals surface area contributed by atoms with Crippen LogP contribution in [0.25, 0.3) is 21.6 Å². The fourth-order valence-corrected chi connectivity index (χ4v) is 3.44. The van der Waals surface area contributed by atoms with Crippen molar-refractivity contribution in [2.24, 2.45) is 0 Å². The number of amides is 1. The number of carbonyl (C=O) groups excluding carboxylic acids is 1. The summed E-state index contributed by atoms with van der Waals surface area (Å²) in [7, 11) is 1.67. The Labute approximate surface area is 163 Å². The molecule has 0 saturated heterocycles. The molecule has 0 saturated carbocycles. The molecule has 0 spiro atoms. The summed E-state index contributed by atoms with van der Waals surface area (Å²) in [5.41, 5.74) is 0.391. The molecule has 0 bridgehead atoms. The Morgan fingerprint density at radius 1 is 1.21 bits per heavy atom. The quantitative estimate of drug-likeness (QED) is 0.538. The van der Waals surface area contributed by atoms with Gasteiger partial charge in [-0.3, -0.25) is 9.59 Å². The van der Waals surface area contributed by atoms with Gasteiger partial charge in [-0.2, -0.15) is 4.98 Å². The number of fused-ring (bicyclic) bond motifs is 1. The van der Waals surface area contributed by atoms with Crippen molar-refractivity contribution in [2.45, 2.75) is 19.4 Å². The molecule has 0 aliphatic heterocycles. The third-order valence-corrected chi connectivity index (χ3v) is 5.10. The number of benzene rings is 1. The second-order valence-corrected chi connectivity index (χ2v) is 7.22. The maximum absolute atomic E-state index is 12.4. The fraction of sp³-hybridized carbons (Fsp3) is 0.211. The van der Waals surface area contributed by atoms with Crippen LogP contribution in [0.3, 0.4) is 0 Å². The lowest BCUT2D eigenvalue weighted by molar-refractivity contribution is -0.130. The molecule has 4 rings (SSSR count). The van der Waals surface area contributed by atoms with Gasteiger partial charge in [-0.15, -0.1) is 11.3 Å². The van der Waals surface area contributed by atoms with Crippen LogP contribution >= 0.6 is 11.3 Å². The van der Waals surface area contributed by atoms with Gasteiger partial charge in [-0.1, -0.05) is 23.4 Å². The smallest absolute Gasteiger partial charge is 0.258 e. The highest BCUT2D eigenvalue weighted by Crippen LogP contribution is 2.21. The summed E-state index contributed by atoms with van der Waals surface area (Å²) in [6.07, 6.45) is 0.573. The van der Waals surface area contributed by atoms with E-state index in [-0.39, 0.29) is 24.4 Å². The molecule has 1 amide bonds. The molecular formula is C19H17N5O3S. The number of aryl methyl sites for hydroxylation is 1. The summed E-state index contributed by atoms with van der Waals surface area (Å²) in [6.45, 7) is 0.211. The monoisotopic (exact) mass is 395 g/mol. The lowest BCUT2D eigenvalue weighted by Gasteiger charge is -2.16. The number of aromatic amines is 1. The van der Waals surface area contributed by atoms with E-state index >= 15 is 0 Å². The number of hydrogen-bond donors (Lipinski definition) is 1. The Morgan fingerprint density at radius 3 is 2.89 bits per heavy atom. The molecule has 0 radical (unpaired) electrons. The predicted molar refractivity (Wildman–Crippen MR) is 105 cm³/mol. The van der Waals surface area contributed by atoms with Crippen molar-refractivity contribution in [3.05, 3.63) is 63.8 Å². The van der Waals surface area contributed by atoms with Crippen LogP contribution in [0.5, 0.6) is 0 Å². The number of carbonyl (C=O) groups is 1. The maximum Gasteiger partial charge on any atom is 0.258 e. The molecule has 0 aliphatic carbocycles. The molecule has 3 heterocycles. The van der Waals surface area contributed by atoms with Crippen molar-refractivity contribution < 1.29 is 9.32 Å². The molecule has 28 heavy (non-hydrogen) atoms. The molecule has 3 aromatic heterocycles. The van der Waals surface area contributed by atoms with Crippen molar-refractivity contribution >= 4 is 28.1 Å². The van der Waals surface area contributed by atoms with Crippen LogP contribution in [0.2, 0.25) is 0 Å². The highest BCUT2D eigenvalue weighted by molar-refractivity contribution is 7.13. The van der Waals surface area contributed by atoms with Gasteiger partial charge >= 0.3 is 0 Å². The Bertz CT molecular complexity index is 1170. The van der Waals surface area contributed by atoms with Crippen molar-refractivity contribution in [1.29, 1.82) is 0 Å². The first-order valence-corrected chi connectivity index (χ1v) is 9.56. The minimum absolute atomic E-state index is 0.105. The van der Waals surface area contributed by atoms with Crippen LogP contribution in [0.15, 0.2) is 51.1 Å². The van der Waals surface area contributed by atoms with Crippen molar-refractivity contribution in [3.8, 4) is 10.7 Å². The third kappa shape index (κ3) is 3.84. The predicted octanol–water partition coefficient (Wildman–Crippen LogP) is 2.63. The lowest BCUT2D eigenvalue weighted by atomic mass is 10.2. The fourth-order valence-electron chi connectivity index (χ4n) is 2.79. The molecule has 4 aromatic rings. The summed E-state index contributed by atoms with van der Waals surface area (Å²) in [4.78, 5) is 38.5. The van der Waals surface area contributed by atoms with Crippen LogP contribution in [-0.2, 0) is 17.8 Å². The maximum atomic E-state index is 12.4. The van der Waals surface area contributed by atoms with Crippen LogP contribution < -0.4 is 5.56 Å². The van der Waals surface area contributed by atoms with Crippen LogP contribution in [-0.4, -0.2) is 38.0 Å². The van der Waals surface area contributed by atoms with Gasteiger partial charge in [0.05, 0.1) is 22.3 Å². The minimum atomic E-state index is -0.214. The van der Waals surface area contributed by atoms with E-state index in [1.165, 1.54) is 16.2 Å². The first-order valence-electron chi connectivity index (χ1n) is 8.68. The standard InChI is InChI=1S/C19H17N5O3S/c1-24(11-15-20-13-6-3-2-5-12(13)19(26)21-15)17(25)9-8-16-22-18(23-27-16)14-7-4-10-28-14/h2-7,10H,8-9,11H2,1H3,(H,20,21,26). The summed E-state index contributed by atoms with van der Waals surface area (Å²) in [5, 5.41) is 6.40. The molecule has 0 unspecified atom stereocenters. The van der Waals surface area contributed by atoms with Crippen molar-refractivity contribution in [2.75, 3.05) is 7.05 Å².